The predicted molar refractivity (Wildman–Crippen MR) is 78.9 cm³/mol. The number of carboxylic acid groups (broad SMARTS) is 1. The van der Waals surface area contributed by atoms with Crippen molar-refractivity contribution in [2.24, 2.45) is 0 Å². The number of carbonyl (C=O) groups is 1. The SMILES string of the molecule is CSCCC(C)Nc1nc(C(C)(C)C(=O)O)cs1. The maximum Gasteiger partial charge on any atom is 0.315 e. The molecule has 1 aromatic heterocycles. The minimum atomic E-state index is -0.932. The summed E-state index contributed by atoms with van der Waals surface area (Å²) < 4.78 is 0. The first-order valence-electron chi connectivity index (χ1n) is 5.82. The van der Waals surface area contributed by atoms with Crippen LogP contribution in [-0.2, 0) is 10.2 Å². The summed E-state index contributed by atoms with van der Waals surface area (Å²) >= 11 is 3.28. The maximum absolute atomic E-state index is 11.1. The number of thioether (sulfide) groups is 1. The average Bonchev–Trinajstić information content (AvgIpc) is 2.75. The topological polar surface area (TPSA) is 62.2 Å². The molecule has 2 N–H and O–H groups in total. The fourth-order valence-electron chi connectivity index (χ4n) is 1.31. The number of nitrogens with one attached hydrogen (secondary N) is 1. The fraction of sp³-hybridized carbons (Fsp3) is 0.667. The smallest absolute Gasteiger partial charge is 0.315 e. The molecule has 18 heavy (non-hydrogen) atoms. The van der Waals surface area contributed by atoms with Crippen LogP contribution in [0.15, 0.2) is 5.38 Å². The van der Waals surface area contributed by atoms with Gasteiger partial charge in [-0.15, -0.1) is 11.3 Å². The number of aromatic nitrogens is 1. The van der Waals surface area contributed by atoms with Crippen molar-refractivity contribution < 1.29 is 9.90 Å². The molecule has 4 nitrogen and oxygen atoms in total. The van der Waals surface area contributed by atoms with Gasteiger partial charge in [0.1, 0.15) is 5.41 Å². The molecule has 0 radical (unpaired) electrons. The second-order valence-electron chi connectivity index (χ2n) is 4.79. The Bertz CT molecular complexity index is 405. The van der Waals surface area contributed by atoms with Crippen molar-refractivity contribution in [3.8, 4) is 0 Å². The van der Waals surface area contributed by atoms with Crippen molar-refractivity contribution >= 4 is 34.2 Å². The van der Waals surface area contributed by atoms with E-state index in [2.05, 4.69) is 23.5 Å². The maximum atomic E-state index is 11.1. The molecule has 1 rings (SSSR count). The van der Waals surface area contributed by atoms with Gasteiger partial charge in [0.25, 0.3) is 0 Å². The van der Waals surface area contributed by atoms with E-state index in [4.69, 9.17) is 5.11 Å². The van der Waals surface area contributed by atoms with E-state index >= 15 is 0 Å². The van der Waals surface area contributed by atoms with E-state index in [1.165, 1.54) is 11.3 Å². The zero-order chi connectivity index (χ0) is 13.8. The van der Waals surface area contributed by atoms with Gasteiger partial charge in [-0.25, -0.2) is 4.98 Å². The van der Waals surface area contributed by atoms with Crippen molar-refractivity contribution in [2.75, 3.05) is 17.3 Å². The van der Waals surface area contributed by atoms with Gasteiger partial charge in [-0.3, -0.25) is 4.79 Å². The lowest BCUT2D eigenvalue weighted by atomic mass is 9.90. The molecule has 0 aliphatic carbocycles. The molecule has 0 aromatic carbocycles. The van der Waals surface area contributed by atoms with Gasteiger partial charge >= 0.3 is 5.97 Å². The van der Waals surface area contributed by atoms with Crippen LogP contribution >= 0.6 is 23.1 Å². The first kappa shape index (κ1) is 15.3. The Balaban J connectivity index is 2.66. The van der Waals surface area contributed by atoms with Crippen molar-refractivity contribution in [1.29, 1.82) is 0 Å². The summed E-state index contributed by atoms with van der Waals surface area (Å²) in [5.41, 5.74) is -0.321. The molecule has 0 saturated carbocycles. The molecule has 1 unspecified atom stereocenters. The Morgan fingerprint density at radius 3 is 2.89 bits per heavy atom. The Morgan fingerprint density at radius 2 is 2.33 bits per heavy atom. The first-order chi connectivity index (χ1) is 8.37. The summed E-state index contributed by atoms with van der Waals surface area (Å²) in [6.07, 6.45) is 3.15. The number of hydrogen-bond acceptors (Lipinski definition) is 5. The Hall–Kier alpha value is -0.750. The van der Waals surface area contributed by atoms with Crippen molar-refractivity contribution in [1.82, 2.24) is 4.98 Å². The highest BCUT2D eigenvalue weighted by Gasteiger charge is 2.32. The van der Waals surface area contributed by atoms with Gasteiger partial charge in [-0.1, -0.05) is 0 Å². The van der Waals surface area contributed by atoms with Crippen LogP contribution in [0.25, 0.3) is 0 Å². The largest absolute Gasteiger partial charge is 0.481 e. The average molecular weight is 288 g/mol. The van der Waals surface area contributed by atoms with Crippen molar-refractivity contribution in [2.45, 2.75) is 38.6 Å². The van der Waals surface area contributed by atoms with Crippen LogP contribution in [-0.4, -0.2) is 34.1 Å². The third-order valence-electron chi connectivity index (χ3n) is 2.80. The Morgan fingerprint density at radius 1 is 1.67 bits per heavy atom. The highest BCUT2D eigenvalue weighted by atomic mass is 32.2. The van der Waals surface area contributed by atoms with E-state index in [1.807, 2.05) is 17.1 Å². The highest BCUT2D eigenvalue weighted by molar-refractivity contribution is 7.98. The molecule has 0 aliphatic heterocycles. The van der Waals surface area contributed by atoms with Crippen molar-refractivity contribution in [3.63, 3.8) is 0 Å². The molecule has 102 valence electrons. The number of anilines is 1. The lowest BCUT2D eigenvalue weighted by molar-refractivity contribution is -0.142. The molecule has 1 heterocycles. The minimum Gasteiger partial charge on any atom is -0.481 e. The molecule has 0 amide bonds. The summed E-state index contributed by atoms with van der Waals surface area (Å²) in [4.78, 5) is 15.5. The Labute approximate surface area is 116 Å². The standard InChI is InChI=1S/C12H20N2O2S2/c1-8(5-6-17-4)13-11-14-9(7-18-11)12(2,3)10(15)16/h7-8H,5-6H2,1-4H3,(H,13,14)(H,15,16). The molecule has 0 spiro atoms. The first-order valence-corrected chi connectivity index (χ1v) is 8.10. The van der Waals surface area contributed by atoms with E-state index in [9.17, 15) is 4.79 Å². The number of thiazole rings is 1. The second kappa shape index (κ2) is 6.43. The number of rotatable bonds is 7. The highest BCUT2D eigenvalue weighted by Crippen LogP contribution is 2.27. The summed E-state index contributed by atoms with van der Waals surface area (Å²) in [5.74, 6) is 0.252. The van der Waals surface area contributed by atoms with Gasteiger partial charge in [-0.2, -0.15) is 11.8 Å². The van der Waals surface area contributed by atoms with Crippen LogP contribution in [0, 0.1) is 0 Å². The van der Waals surface area contributed by atoms with E-state index in [0.717, 1.165) is 17.3 Å². The number of carboxylic acids is 1. The molecule has 1 atom stereocenters. The fourth-order valence-corrected chi connectivity index (χ4v) is 2.89. The van der Waals surface area contributed by atoms with Crippen LogP contribution in [0.1, 0.15) is 32.9 Å². The summed E-state index contributed by atoms with van der Waals surface area (Å²) in [7, 11) is 0. The molecule has 0 saturated heterocycles. The minimum absolute atomic E-state index is 0.351. The van der Waals surface area contributed by atoms with Crippen LogP contribution in [0.4, 0.5) is 5.13 Å². The van der Waals surface area contributed by atoms with Crippen molar-refractivity contribution in [3.05, 3.63) is 11.1 Å². The van der Waals surface area contributed by atoms with Gasteiger partial charge in [0.05, 0.1) is 5.69 Å². The lowest BCUT2D eigenvalue weighted by Crippen LogP contribution is -2.29. The molecule has 0 fully saturated rings. The van der Waals surface area contributed by atoms with E-state index in [1.54, 1.807) is 13.8 Å². The van der Waals surface area contributed by atoms with Gasteiger partial charge in [-0.05, 0) is 39.2 Å². The van der Waals surface area contributed by atoms with E-state index in [-0.39, 0.29) is 0 Å². The third kappa shape index (κ3) is 3.88. The van der Waals surface area contributed by atoms with Crippen LogP contribution < -0.4 is 5.32 Å². The number of hydrogen-bond donors (Lipinski definition) is 2. The van der Waals surface area contributed by atoms with Crippen LogP contribution in [0.3, 0.4) is 0 Å². The summed E-state index contributed by atoms with van der Waals surface area (Å²) in [5, 5.41) is 15.1. The van der Waals surface area contributed by atoms with E-state index < -0.39 is 11.4 Å². The predicted octanol–water partition coefficient (Wildman–Crippen LogP) is 3.06. The second-order valence-corrected chi connectivity index (χ2v) is 6.64. The van der Waals surface area contributed by atoms with Gasteiger partial charge in [0, 0.05) is 11.4 Å². The number of aliphatic carboxylic acids is 1. The molecular weight excluding hydrogens is 268 g/mol. The number of nitrogens with zero attached hydrogens (tertiary/aromatic N) is 1. The van der Waals surface area contributed by atoms with E-state index in [0.29, 0.717) is 11.7 Å². The summed E-state index contributed by atoms with van der Waals surface area (Å²) in [6.45, 7) is 5.45. The molecule has 0 bridgehead atoms. The zero-order valence-electron chi connectivity index (χ0n) is 11.2. The van der Waals surface area contributed by atoms with Crippen LogP contribution in [0.2, 0.25) is 0 Å². The molecule has 6 heteroatoms. The molecular formula is C12H20N2O2S2. The molecule has 1 aromatic rings. The van der Waals surface area contributed by atoms with Gasteiger partial charge in [0.2, 0.25) is 0 Å². The van der Waals surface area contributed by atoms with Gasteiger partial charge < -0.3 is 10.4 Å². The summed E-state index contributed by atoms with van der Waals surface area (Å²) in [6, 6.07) is 0.351. The Kier molecular flexibility index (Phi) is 5.47. The normalized spacial score (nSPS) is 13.3. The third-order valence-corrected chi connectivity index (χ3v) is 4.22. The quantitative estimate of drug-likeness (QED) is 0.807. The monoisotopic (exact) mass is 288 g/mol. The van der Waals surface area contributed by atoms with Crippen LogP contribution in [0.5, 0.6) is 0 Å². The van der Waals surface area contributed by atoms with Gasteiger partial charge in [0.15, 0.2) is 5.13 Å². The lowest BCUT2D eigenvalue weighted by Gasteiger charge is -2.16. The molecule has 0 aliphatic rings. The zero-order valence-corrected chi connectivity index (χ0v) is 12.8.